The van der Waals surface area contributed by atoms with Crippen LogP contribution in [-0.2, 0) is 0 Å². The molecule has 0 aliphatic carbocycles. The number of aryl methyl sites for hydroxylation is 1. The summed E-state index contributed by atoms with van der Waals surface area (Å²) in [5.41, 5.74) is 10.3. The van der Waals surface area contributed by atoms with E-state index in [2.05, 4.69) is 39.3 Å². The largest absolute Gasteiger partial charge is 0.381 e. The van der Waals surface area contributed by atoms with Crippen molar-refractivity contribution in [3.8, 4) is 10.6 Å². The quantitative estimate of drug-likeness (QED) is 0.758. The van der Waals surface area contributed by atoms with Crippen LogP contribution in [0.1, 0.15) is 36.4 Å². The minimum Gasteiger partial charge on any atom is -0.381 e. The van der Waals surface area contributed by atoms with Gasteiger partial charge in [-0.15, -0.1) is 11.3 Å². The number of anilines is 1. The zero-order valence-electron chi connectivity index (χ0n) is 13.2. The fourth-order valence-corrected chi connectivity index (χ4v) is 4.14. The molecule has 1 atom stereocenters. The molecule has 0 radical (unpaired) electrons. The van der Waals surface area contributed by atoms with E-state index < -0.39 is 0 Å². The number of hydrogen-bond acceptors (Lipinski definition) is 5. The Morgan fingerprint density at radius 1 is 1.39 bits per heavy atom. The third kappa shape index (κ3) is 2.72. The Kier molecular flexibility index (Phi) is 3.79. The fraction of sp³-hybridized carbons (Fsp3) is 0.412. The van der Waals surface area contributed by atoms with Gasteiger partial charge in [-0.2, -0.15) is 0 Å². The first kappa shape index (κ1) is 14.7. The molecule has 0 spiro atoms. The van der Waals surface area contributed by atoms with Crippen LogP contribution in [0.2, 0.25) is 0 Å². The average Bonchev–Trinajstić information content (AvgIpc) is 3.07. The van der Waals surface area contributed by atoms with Crippen molar-refractivity contribution in [2.45, 2.75) is 32.1 Å². The predicted octanol–water partition coefficient (Wildman–Crippen LogP) is 3.21. The highest BCUT2D eigenvalue weighted by Crippen LogP contribution is 2.30. The molecule has 5 nitrogen and oxygen atoms in total. The van der Waals surface area contributed by atoms with Crippen molar-refractivity contribution >= 4 is 22.8 Å². The molecule has 0 aromatic carbocycles. The van der Waals surface area contributed by atoms with Gasteiger partial charge in [0.05, 0.1) is 22.5 Å². The van der Waals surface area contributed by atoms with Crippen LogP contribution >= 0.6 is 11.3 Å². The van der Waals surface area contributed by atoms with Gasteiger partial charge in [0.15, 0.2) is 11.5 Å². The lowest BCUT2D eigenvalue weighted by atomic mass is 10.0. The molecule has 0 amide bonds. The molecule has 1 aliphatic rings. The summed E-state index contributed by atoms with van der Waals surface area (Å²) in [6.45, 7) is 4.20. The molecule has 3 N–H and O–H groups in total. The van der Waals surface area contributed by atoms with E-state index in [1.165, 1.54) is 29.7 Å². The van der Waals surface area contributed by atoms with Crippen LogP contribution in [0, 0.1) is 6.92 Å². The number of hydrogen-bond donors (Lipinski definition) is 2. The summed E-state index contributed by atoms with van der Waals surface area (Å²) >= 11 is 1.73. The normalized spacial score (nSPS) is 19.1. The molecule has 1 fully saturated rings. The van der Waals surface area contributed by atoms with E-state index in [-0.39, 0.29) is 0 Å². The number of nitrogens with zero attached hydrogens (tertiary/aromatic N) is 3. The molecule has 1 aliphatic heterocycles. The van der Waals surface area contributed by atoms with Crippen molar-refractivity contribution in [1.82, 2.24) is 19.7 Å². The van der Waals surface area contributed by atoms with Crippen LogP contribution < -0.4 is 11.1 Å². The minimum atomic E-state index is 0.453. The molecule has 4 heterocycles. The van der Waals surface area contributed by atoms with Crippen molar-refractivity contribution in [2.24, 2.45) is 0 Å². The summed E-state index contributed by atoms with van der Waals surface area (Å²) in [5.74, 6) is 0.949. The van der Waals surface area contributed by atoms with Gasteiger partial charge in [0.1, 0.15) is 0 Å². The van der Waals surface area contributed by atoms with Gasteiger partial charge in [-0.1, -0.05) is 6.42 Å². The minimum absolute atomic E-state index is 0.453. The highest BCUT2D eigenvalue weighted by Gasteiger charge is 2.19. The summed E-state index contributed by atoms with van der Waals surface area (Å²) in [7, 11) is 0. The maximum absolute atomic E-state index is 6.08. The first-order valence-electron chi connectivity index (χ1n) is 8.12. The van der Waals surface area contributed by atoms with E-state index in [4.69, 9.17) is 10.7 Å². The number of nitrogens with two attached hydrogens (primary N) is 1. The molecule has 3 aromatic heterocycles. The summed E-state index contributed by atoms with van der Waals surface area (Å²) in [5, 5.41) is 5.67. The lowest BCUT2D eigenvalue weighted by Crippen LogP contribution is -2.19. The molecule has 120 valence electrons. The van der Waals surface area contributed by atoms with E-state index in [1.807, 2.05) is 6.20 Å². The molecule has 0 saturated carbocycles. The van der Waals surface area contributed by atoms with Crippen LogP contribution in [0.4, 0.5) is 5.82 Å². The number of imidazole rings is 1. The standard InChI is InChI=1S/C17H21N5S/c1-11-6-15(23-10-11)14-8-20-16(18)17-21-13(9-22(14)17)12-4-2-3-5-19-7-12/h6,8-10,12,19H,2-5,7H2,1H3,(H2,18,20)/t12-/m0/s1. The molecule has 4 rings (SSSR count). The second kappa shape index (κ2) is 5.94. The second-order valence-electron chi connectivity index (χ2n) is 6.27. The maximum Gasteiger partial charge on any atom is 0.180 e. The zero-order valence-corrected chi connectivity index (χ0v) is 14.1. The number of nitrogens with one attached hydrogen (secondary N) is 1. The van der Waals surface area contributed by atoms with Crippen molar-refractivity contribution < 1.29 is 0 Å². The van der Waals surface area contributed by atoms with Gasteiger partial charge in [0.2, 0.25) is 0 Å². The zero-order chi connectivity index (χ0) is 15.8. The van der Waals surface area contributed by atoms with Crippen LogP contribution in [0.15, 0.2) is 23.8 Å². The monoisotopic (exact) mass is 327 g/mol. The molecule has 23 heavy (non-hydrogen) atoms. The Morgan fingerprint density at radius 2 is 2.30 bits per heavy atom. The smallest absolute Gasteiger partial charge is 0.180 e. The molecule has 0 bridgehead atoms. The van der Waals surface area contributed by atoms with Gasteiger partial charge < -0.3 is 11.1 Å². The Balaban J connectivity index is 1.82. The van der Waals surface area contributed by atoms with Crippen LogP contribution in [0.25, 0.3) is 16.2 Å². The fourth-order valence-electron chi connectivity index (χ4n) is 3.23. The highest BCUT2D eigenvalue weighted by atomic mass is 32.1. The molecular formula is C17H21N5S. The van der Waals surface area contributed by atoms with Crippen molar-refractivity contribution in [2.75, 3.05) is 18.8 Å². The van der Waals surface area contributed by atoms with Gasteiger partial charge in [-0.05, 0) is 43.3 Å². The van der Waals surface area contributed by atoms with Crippen molar-refractivity contribution in [1.29, 1.82) is 0 Å². The van der Waals surface area contributed by atoms with Crippen LogP contribution in [0.5, 0.6) is 0 Å². The number of fused-ring (bicyclic) bond motifs is 1. The Hall–Kier alpha value is -1.92. The van der Waals surface area contributed by atoms with Crippen molar-refractivity contribution in [3.63, 3.8) is 0 Å². The molecule has 3 aromatic rings. The van der Waals surface area contributed by atoms with E-state index in [0.717, 1.165) is 30.1 Å². The van der Waals surface area contributed by atoms with Gasteiger partial charge in [-0.3, -0.25) is 4.40 Å². The summed E-state index contributed by atoms with van der Waals surface area (Å²) in [6.07, 6.45) is 7.67. The van der Waals surface area contributed by atoms with Gasteiger partial charge in [0, 0.05) is 18.7 Å². The summed E-state index contributed by atoms with van der Waals surface area (Å²) in [6, 6.07) is 2.18. The SMILES string of the molecule is Cc1csc(-c2cnc(N)c3nc([C@H]4CCCCNC4)cn23)c1. The van der Waals surface area contributed by atoms with Crippen LogP contribution in [0.3, 0.4) is 0 Å². The van der Waals surface area contributed by atoms with Gasteiger partial charge >= 0.3 is 0 Å². The number of nitrogen functional groups attached to an aromatic ring is 1. The second-order valence-corrected chi connectivity index (χ2v) is 7.18. The Morgan fingerprint density at radius 3 is 3.13 bits per heavy atom. The molecule has 1 saturated heterocycles. The number of rotatable bonds is 2. The third-order valence-corrected chi connectivity index (χ3v) is 5.56. The van der Waals surface area contributed by atoms with E-state index in [1.54, 1.807) is 11.3 Å². The Labute approximate surface area is 139 Å². The number of thiophene rings is 1. The Bertz CT molecular complexity index is 827. The van der Waals surface area contributed by atoms with Crippen molar-refractivity contribution in [3.05, 3.63) is 35.1 Å². The lowest BCUT2D eigenvalue weighted by Gasteiger charge is -2.10. The van der Waals surface area contributed by atoms with Gasteiger partial charge in [0.25, 0.3) is 0 Å². The van der Waals surface area contributed by atoms with Gasteiger partial charge in [-0.25, -0.2) is 9.97 Å². The van der Waals surface area contributed by atoms with E-state index in [9.17, 15) is 0 Å². The molecular weight excluding hydrogens is 306 g/mol. The maximum atomic E-state index is 6.08. The lowest BCUT2D eigenvalue weighted by molar-refractivity contribution is 0.598. The van der Waals surface area contributed by atoms with Crippen LogP contribution in [-0.4, -0.2) is 27.5 Å². The first-order chi connectivity index (χ1) is 11.2. The number of aromatic nitrogens is 3. The topological polar surface area (TPSA) is 68.2 Å². The first-order valence-corrected chi connectivity index (χ1v) is 9.00. The third-order valence-electron chi connectivity index (χ3n) is 4.49. The summed E-state index contributed by atoms with van der Waals surface area (Å²) in [4.78, 5) is 10.4. The summed E-state index contributed by atoms with van der Waals surface area (Å²) < 4.78 is 2.10. The van der Waals surface area contributed by atoms with E-state index >= 15 is 0 Å². The average molecular weight is 327 g/mol. The molecule has 0 unspecified atom stereocenters. The molecule has 6 heteroatoms. The predicted molar refractivity (Wildman–Crippen MR) is 94.9 cm³/mol. The highest BCUT2D eigenvalue weighted by molar-refractivity contribution is 7.13. The van der Waals surface area contributed by atoms with E-state index in [0.29, 0.717) is 11.7 Å².